The smallest absolute Gasteiger partial charge is 0.257 e. The number of amides is 2. The van der Waals surface area contributed by atoms with Crippen molar-refractivity contribution in [2.45, 2.75) is 19.3 Å². The molecule has 1 aliphatic heterocycles. The standard InChI is InChI=1S/C24H30N2O5/c1-29-20-13-12-19(22(30-2)23(20)31-3)24(28)26-16-14-25(15-17-26)21(27)11-7-10-18-8-5-4-6-9-18/h4-6,8-9,12-13H,7,10-11,14-17H2,1-3H3. The van der Waals surface area contributed by atoms with Crippen molar-refractivity contribution >= 4 is 11.8 Å². The van der Waals surface area contributed by atoms with E-state index in [1.54, 1.807) is 17.0 Å². The summed E-state index contributed by atoms with van der Waals surface area (Å²) in [6, 6.07) is 13.6. The van der Waals surface area contributed by atoms with Gasteiger partial charge in [0.25, 0.3) is 5.91 Å². The van der Waals surface area contributed by atoms with E-state index in [-0.39, 0.29) is 11.8 Å². The van der Waals surface area contributed by atoms with E-state index in [0.717, 1.165) is 12.8 Å². The molecular formula is C24H30N2O5. The van der Waals surface area contributed by atoms with Gasteiger partial charge in [-0.2, -0.15) is 0 Å². The lowest BCUT2D eigenvalue weighted by Gasteiger charge is -2.35. The molecule has 1 fully saturated rings. The lowest BCUT2D eigenvalue weighted by molar-refractivity contribution is -0.132. The molecule has 1 heterocycles. The second-order valence-electron chi connectivity index (χ2n) is 7.39. The number of carbonyl (C=O) groups excluding carboxylic acids is 2. The molecule has 7 heteroatoms. The van der Waals surface area contributed by atoms with Gasteiger partial charge in [-0.25, -0.2) is 0 Å². The summed E-state index contributed by atoms with van der Waals surface area (Å²) in [4.78, 5) is 29.3. The maximum absolute atomic E-state index is 13.1. The van der Waals surface area contributed by atoms with E-state index in [0.29, 0.717) is 55.4 Å². The first-order chi connectivity index (χ1) is 15.1. The summed E-state index contributed by atoms with van der Waals surface area (Å²) >= 11 is 0. The number of methoxy groups -OCH3 is 3. The molecule has 166 valence electrons. The Morgan fingerprint density at radius 2 is 1.45 bits per heavy atom. The largest absolute Gasteiger partial charge is 0.493 e. The van der Waals surface area contributed by atoms with E-state index in [4.69, 9.17) is 14.2 Å². The van der Waals surface area contributed by atoms with Crippen molar-refractivity contribution in [1.82, 2.24) is 9.80 Å². The lowest BCUT2D eigenvalue weighted by atomic mass is 10.1. The predicted octanol–water partition coefficient (Wildman–Crippen LogP) is 3.02. The molecule has 31 heavy (non-hydrogen) atoms. The van der Waals surface area contributed by atoms with Crippen molar-refractivity contribution in [3.63, 3.8) is 0 Å². The average molecular weight is 427 g/mol. The Kier molecular flexibility index (Phi) is 7.76. The van der Waals surface area contributed by atoms with E-state index < -0.39 is 0 Å². The number of piperazine rings is 1. The molecule has 2 aromatic carbocycles. The quantitative estimate of drug-likeness (QED) is 0.649. The minimum atomic E-state index is -0.144. The average Bonchev–Trinajstić information content (AvgIpc) is 2.83. The number of aryl methyl sites for hydroxylation is 1. The highest BCUT2D eigenvalue weighted by Crippen LogP contribution is 2.40. The van der Waals surface area contributed by atoms with E-state index in [1.807, 2.05) is 23.1 Å². The second kappa shape index (κ2) is 10.7. The normalized spacial score (nSPS) is 13.6. The minimum absolute atomic E-state index is 0.144. The summed E-state index contributed by atoms with van der Waals surface area (Å²) in [5.41, 5.74) is 1.66. The van der Waals surface area contributed by atoms with Crippen molar-refractivity contribution < 1.29 is 23.8 Å². The van der Waals surface area contributed by atoms with E-state index >= 15 is 0 Å². The summed E-state index contributed by atoms with van der Waals surface area (Å²) in [6.45, 7) is 2.04. The Labute approximate surface area is 183 Å². The van der Waals surface area contributed by atoms with Gasteiger partial charge in [-0.1, -0.05) is 30.3 Å². The van der Waals surface area contributed by atoms with Gasteiger partial charge in [0.2, 0.25) is 11.7 Å². The van der Waals surface area contributed by atoms with Gasteiger partial charge in [-0.3, -0.25) is 9.59 Å². The third-order valence-corrected chi connectivity index (χ3v) is 5.55. The Hall–Kier alpha value is -3.22. The molecule has 0 N–H and O–H groups in total. The van der Waals surface area contributed by atoms with Crippen LogP contribution in [0.4, 0.5) is 0 Å². The van der Waals surface area contributed by atoms with Crippen LogP contribution < -0.4 is 14.2 Å². The molecule has 0 unspecified atom stereocenters. The Morgan fingerprint density at radius 3 is 2.06 bits per heavy atom. The highest BCUT2D eigenvalue weighted by Gasteiger charge is 2.28. The van der Waals surface area contributed by atoms with Crippen LogP contribution in [0.1, 0.15) is 28.8 Å². The Balaban J connectivity index is 1.55. The second-order valence-corrected chi connectivity index (χ2v) is 7.39. The fourth-order valence-electron chi connectivity index (χ4n) is 3.85. The van der Waals surface area contributed by atoms with Crippen LogP contribution in [0.5, 0.6) is 17.2 Å². The number of hydrogen-bond donors (Lipinski definition) is 0. The Bertz CT molecular complexity index is 892. The first-order valence-electron chi connectivity index (χ1n) is 10.5. The van der Waals surface area contributed by atoms with E-state index in [1.165, 1.54) is 26.9 Å². The zero-order valence-corrected chi connectivity index (χ0v) is 18.4. The lowest BCUT2D eigenvalue weighted by Crippen LogP contribution is -2.50. The van der Waals surface area contributed by atoms with Gasteiger partial charge < -0.3 is 24.0 Å². The van der Waals surface area contributed by atoms with Gasteiger partial charge in [-0.05, 0) is 30.5 Å². The van der Waals surface area contributed by atoms with Gasteiger partial charge in [-0.15, -0.1) is 0 Å². The summed E-state index contributed by atoms with van der Waals surface area (Å²) < 4.78 is 16.1. The summed E-state index contributed by atoms with van der Waals surface area (Å²) in [7, 11) is 4.55. The molecule has 2 aromatic rings. The number of rotatable bonds is 8. The monoisotopic (exact) mass is 426 g/mol. The van der Waals surface area contributed by atoms with Gasteiger partial charge >= 0.3 is 0 Å². The van der Waals surface area contributed by atoms with E-state index in [2.05, 4.69) is 12.1 Å². The van der Waals surface area contributed by atoms with Crippen molar-refractivity contribution in [3.05, 3.63) is 53.6 Å². The first kappa shape index (κ1) is 22.5. The zero-order chi connectivity index (χ0) is 22.2. The zero-order valence-electron chi connectivity index (χ0n) is 18.4. The number of hydrogen-bond acceptors (Lipinski definition) is 5. The topological polar surface area (TPSA) is 68.3 Å². The molecule has 0 atom stereocenters. The number of ether oxygens (including phenoxy) is 3. The molecule has 1 aliphatic rings. The molecule has 7 nitrogen and oxygen atoms in total. The number of nitrogens with zero attached hydrogens (tertiary/aromatic N) is 2. The molecule has 3 rings (SSSR count). The Morgan fingerprint density at radius 1 is 0.806 bits per heavy atom. The van der Waals surface area contributed by atoms with E-state index in [9.17, 15) is 9.59 Å². The van der Waals surface area contributed by atoms with Crippen LogP contribution in [-0.2, 0) is 11.2 Å². The van der Waals surface area contributed by atoms with Crippen LogP contribution in [0.2, 0.25) is 0 Å². The van der Waals surface area contributed by atoms with Crippen LogP contribution in [0.25, 0.3) is 0 Å². The molecule has 1 saturated heterocycles. The minimum Gasteiger partial charge on any atom is -0.493 e. The molecule has 0 radical (unpaired) electrons. The third-order valence-electron chi connectivity index (χ3n) is 5.55. The maximum Gasteiger partial charge on any atom is 0.257 e. The highest BCUT2D eigenvalue weighted by molar-refractivity contribution is 5.98. The fraction of sp³-hybridized carbons (Fsp3) is 0.417. The SMILES string of the molecule is COc1ccc(C(=O)N2CCN(C(=O)CCCc3ccccc3)CC2)c(OC)c1OC. The van der Waals surface area contributed by atoms with Crippen LogP contribution >= 0.6 is 0 Å². The van der Waals surface area contributed by atoms with Crippen LogP contribution in [-0.4, -0.2) is 69.1 Å². The molecule has 0 saturated carbocycles. The first-order valence-corrected chi connectivity index (χ1v) is 10.5. The molecule has 0 bridgehead atoms. The third kappa shape index (κ3) is 5.29. The predicted molar refractivity (Wildman–Crippen MR) is 118 cm³/mol. The van der Waals surface area contributed by atoms with Crippen molar-refractivity contribution in [2.24, 2.45) is 0 Å². The van der Waals surface area contributed by atoms with Gasteiger partial charge in [0.05, 0.1) is 26.9 Å². The molecule has 0 spiro atoms. The fourth-order valence-corrected chi connectivity index (χ4v) is 3.85. The van der Waals surface area contributed by atoms with Crippen molar-refractivity contribution in [1.29, 1.82) is 0 Å². The van der Waals surface area contributed by atoms with Gasteiger partial charge in [0.1, 0.15) is 0 Å². The summed E-state index contributed by atoms with van der Waals surface area (Å²) in [5.74, 6) is 1.25. The summed E-state index contributed by atoms with van der Waals surface area (Å²) in [5, 5.41) is 0. The molecule has 2 amide bonds. The maximum atomic E-state index is 13.1. The molecule has 0 aromatic heterocycles. The van der Waals surface area contributed by atoms with Crippen LogP contribution in [0.3, 0.4) is 0 Å². The van der Waals surface area contributed by atoms with Crippen molar-refractivity contribution in [2.75, 3.05) is 47.5 Å². The van der Waals surface area contributed by atoms with Crippen LogP contribution in [0.15, 0.2) is 42.5 Å². The van der Waals surface area contributed by atoms with Gasteiger partial charge in [0.15, 0.2) is 11.5 Å². The number of benzene rings is 2. The number of carbonyl (C=O) groups is 2. The summed E-state index contributed by atoms with van der Waals surface area (Å²) in [6.07, 6.45) is 2.24. The highest BCUT2D eigenvalue weighted by atomic mass is 16.5. The van der Waals surface area contributed by atoms with Gasteiger partial charge in [0, 0.05) is 32.6 Å². The molecular weight excluding hydrogens is 396 g/mol. The van der Waals surface area contributed by atoms with Crippen molar-refractivity contribution in [3.8, 4) is 17.2 Å². The molecule has 0 aliphatic carbocycles. The van der Waals surface area contributed by atoms with Crippen LogP contribution in [0, 0.1) is 0 Å².